The molecular weight excluding hydrogens is 294 g/mol. The van der Waals surface area contributed by atoms with E-state index in [1.54, 1.807) is 0 Å². The van der Waals surface area contributed by atoms with E-state index in [2.05, 4.69) is 21.2 Å². The maximum atomic E-state index is 9.91. The number of aromatic hydroxyl groups is 1. The Morgan fingerprint density at radius 2 is 2.06 bits per heavy atom. The summed E-state index contributed by atoms with van der Waals surface area (Å²) in [6.07, 6.45) is 4.64. The first-order chi connectivity index (χ1) is 8.72. The zero-order chi connectivity index (χ0) is 13.0. The van der Waals surface area contributed by atoms with Crippen LogP contribution in [0.15, 0.2) is 22.7 Å². The van der Waals surface area contributed by atoms with E-state index in [1.807, 2.05) is 18.2 Å². The summed E-state index contributed by atoms with van der Waals surface area (Å²) >= 11 is 3.32. The van der Waals surface area contributed by atoms with Crippen molar-refractivity contribution in [3.8, 4) is 5.75 Å². The van der Waals surface area contributed by atoms with Gasteiger partial charge in [-0.25, -0.2) is 0 Å². The number of phenolic OH excluding ortho intramolecular Hbond substituents is 1. The lowest BCUT2D eigenvalue weighted by atomic mass is 9.85. The fourth-order valence-corrected chi connectivity index (χ4v) is 3.05. The molecule has 0 aromatic heterocycles. The van der Waals surface area contributed by atoms with Crippen LogP contribution >= 0.6 is 15.9 Å². The van der Waals surface area contributed by atoms with Gasteiger partial charge in [0.1, 0.15) is 5.75 Å². The Morgan fingerprint density at radius 1 is 1.28 bits per heavy atom. The highest BCUT2D eigenvalue weighted by atomic mass is 79.9. The molecule has 1 aromatic rings. The van der Waals surface area contributed by atoms with Crippen molar-refractivity contribution < 1.29 is 10.2 Å². The third kappa shape index (κ3) is 3.25. The molecule has 1 fully saturated rings. The molecular formula is C14H20BrNO2. The van der Waals surface area contributed by atoms with Crippen LogP contribution in [0.1, 0.15) is 31.2 Å². The molecule has 1 aliphatic rings. The third-order valence-electron chi connectivity index (χ3n) is 3.77. The molecule has 2 unspecified atom stereocenters. The SMILES string of the molecule is OCC1CCCCC1NCc1cccc(Br)c1O. The van der Waals surface area contributed by atoms with Gasteiger partial charge in [-0.1, -0.05) is 25.0 Å². The zero-order valence-electron chi connectivity index (χ0n) is 10.4. The second-order valence-corrected chi connectivity index (χ2v) is 5.82. The van der Waals surface area contributed by atoms with Crippen LogP contribution in [0, 0.1) is 5.92 Å². The lowest BCUT2D eigenvalue weighted by Gasteiger charge is -2.31. The number of rotatable bonds is 4. The van der Waals surface area contributed by atoms with Crippen molar-refractivity contribution >= 4 is 15.9 Å². The molecule has 0 saturated heterocycles. The topological polar surface area (TPSA) is 52.5 Å². The van der Waals surface area contributed by atoms with Crippen molar-refractivity contribution in [2.75, 3.05) is 6.61 Å². The Kier molecular flexibility index (Phi) is 5.03. The fourth-order valence-electron chi connectivity index (χ4n) is 2.64. The van der Waals surface area contributed by atoms with Crippen molar-refractivity contribution in [2.24, 2.45) is 5.92 Å². The normalized spacial score (nSPS) is 24.1. The molecule has 4 heteroatoms. The van der Waals surface area contributed by atoms with Gasteiger partial charge in [0.05, 0.1) is 4.47 Å². The van der Waals surface area contributed by atoms with Gasteiger partial charge >= 0.3 is 0 Å². The molecule has 0 heterocycles. The lowest BCUT2D eigenvalue weighted by molar-refractivity contribution is 0.152. The maximum absolute atomic E-state index is 9.91. The Labute approximate surface area is 116 Å². The molecule has 2 atom stereocenters. The number of hydrogen-bond acceptors (Lipinski definition) is 3. The number of phenols is 1. The van der Waals surface area contributed by atoms with Crippen LogP contribution in [0.2, 0.25) is 0 Å². The van der Waals surface area contributed by atoms with Crippen molar-refractivity contribution in [3.63, 3.8) is 0 Å². The van der Waals surface area contributed by atoms with Gasteiger partial charge in [-0.05, 0) is 40.8 Å². The summed E-state index contributed by atoms with van der Waals surface area (Å²) in [7, 11) is 0. The van der Waals surface area contributed by atoms with Crippen LogP contribution in [0.5, 0.6) is 5.75 Å². The number of benzene rings is 1. The number of aliphatic hydroxyl groups excluding tert-OH is 1. The van der Waals surface area contributed by atoms with Crippen LogP contribution in [0.25, 0.3) is 0 Å². The van der Waals surface area contributed by atoms with Crippen LogP contribution in [0.3, 0.4) is 0 Å². The van der Waals surface area contributed by atoms with E-state index in [4.69, 9.17) is 0 Å². The van der Waals surface area contributed by atoms with E-state index in [0.717, 1.165) is 22.9 Å². The predicted molar refractivity (Wildman–Crippen MR) is 75.5 cm³/mol. The highest BCUT2D eigenvalue weighted by Gasteiger charge is 2.24. The minimum Gasteiger partial charge on any atom is -0.506 e. The van der Waals surface area contributed by atoms with Gasteiger partial charge in [0.15, 0.2) is 0 Å². The minimum absolute atomic E-state index is 0.252. The first kappa shape index (κ1) is 13.8. The third-order valence-corrected chi connectivity index (χ3v) is 4.41. The van der Waals surface area contributed by atoms with Crippen LogP contribution < -0.4 is 5.32 Å². The van der Waals surface area contributed by atoms with Crippen molar-refractivity contribution in [1.82, 2.24) is 5.32 Å². The first-order valence-electron chi connectivity index (χ1n) is 6.53. The summed E-state index contributed by atoms with van der Waals surface area (Å²) in [6, 6.07) is 6.03. The van der Waals surface area contributed by atoms with Gasteiger partial charge in [-0.15, -0.1) is 0 Å². The Hall–Kier alpha value is -0.580. The average molecular weight is 314 g/mol. The number of hydrogen-bond donors (Lipinski definition) is 3. The summed E-state index contributed by atoms with van der Waals surface area (Å²) in [5, 5.41) is 22.7. The van der Waals surface area contributed by atoms with E-state index in [0.29, 0.717) is 24.3 Å². The van der Waals surface area contributed by atoms with Gasteiger partial charge in [-0.3, -0.25) is 0 Å². The molecule has 18 heavy (non-hydrogen) atoms. The summed E-state index contributed by atoms with van der Waals surface area (Å²) < 4.78 is 0.726. The average Bonchev–Trinajstić information content (AvgIpc) is 2.41. The van der Waals surface area contributed by atoms with Crippen molar-refractivity contribution in [2.45, 2.75) is 38.3 Å². The van der Waals surface area contributed by atoms with Crippen LogP contribution in [-0.4, -0.2) is 22.9 Å². The molecule has 0 aliphatic heterocycles. The number of halogens is 1. The highest BCUT2D eigenvalue weighted by Crippen LogP contribution is 2.28. The molecule has 1 saturated carbocycles. The summed E-state index contributed by atoms with van der Waals surface area (Å²) in [5.41, 5.74) is 0.895. The summed E-state index contributed by atoms with van der Waals surface area (Å²) in [5.74, 6) is 0.661. The van der Waals surface area contributed by atoms with Crippen molar-refractivity contribution in [1.29, 1.82) is 0 Å². The zero-order valence-corrected chi connectivity index (χ0v) is 12.0. The second-order valence-electron chi connectivity index (χ2n) is 4.96. The van der Waals surface area contributed by atoms with Gasteiger partial charge in [0, 0.05) is 24.8 Å². The molecule has 0 spiro atoms. The maximum Gasteiger partial charge on any atom is 0.134 e. The predicted octanol–water partition coefficient (Wildman–Crippen LogP) is 2.80. The van der Waals surface area contributed by atoms with Gasteiger partial charge in [0.25, 0.3) is 0 Å². The molecule has 0 amide bonds. The molecule has 2 rings (SSSR count). The van der Waals surface area contributed by atoms with E-state index in [-0.39, 0.29) is 6.61 Å². The summed E-state index contributed by atoms with van der Waals surface area (Å²) in [4.78, 5) is 0. The Bertz CT molecular complexity index is 397. The fraction of sp³-hybridized carbons (Fsp3) is 0.571. The van der Waals surface area contributed by atoms with Crippen LogP contribution in [-0.2, 0) is 6.54 Å². The summed E-state index contributed by atoms with van der Waals surface area (Å²) in [6.45, 7) is 0.897. The molecule has 100 valence electrons. The highest BCUT2D eigenvalue weighted by molar-refractivity contribution is 9.10. The van der Waals surface area contributed by atoms with Gasteiger partial charge in [0.2, 0.25) is 0 Å². The molecule has 0 radical (unpaired) electrons. The van der Waals surface area contributed by atoms with Crippen molar-refractivity contribution in [3.05, 3.63) is 28.2 Å². The second kappa shape index (κ2) is 6.55. The standard InChI is InChI=1S/C14H20BrNO2/c15-12-6-3-5-10(14(12)18)8-16-13-7-2-1-4-11(13)9-17/h3,5-6,11,13,16-18H,1-2,4,7-9H2. The quantitative estimate of drug-likeness (QED) is 0.801. The molecule has 3 nitrogen and oxygen atoms in total. The van der Waals surface area contributed by atoms with Gasteiger partial charge < -0.3 is 15.5 Å². The van der Waals surface area contributed by atoms with E-state index >= 15 is 0 Å². The minimum atomic E-state index is 0.252. The molecule has 3 N–H and O–H groups in total. The van der Waals surface area contributed by atoms with E-state index < -0.39 is 0 Å². The molecule has 1 aliphatic carbocycles. The Morgan fingerprint density at radius 3 is 2.83 bits per heavy atom. The number of aliphatic hydroxyl groups is 1. The first-order valence-corrected chi connectivity index (χ1v) is 7.32. The monoisotopic (exact) mass is 313 g/mol. The van der Waals surface area contributed by atoms with Crippen LogP contribution in [0.4, 0.5) is 0 Å². The smallest absolute Gasteiger partial charge is 0.134 e. The van der Waals surface area contributed by atoms with E-state index in [1.165, 1.54) is 12.8 Å². The molecule has 0 bridgehead atoms. The largest absolute Gasteiger partial charge is 0.506 e. The number of para-hydroxylation sites is 1. The number of nitrogens with one attached hydrogen (secondary N) is 1. The van der Waals surface area contributed by atoms with Gasteiger partial charge in [-0.2, -0.15) is 0 Å². The van der Waals surface area contributed by atoms with E-state index in [9.17, 15) is 10.2 Å². The Balaban J connectivity index is 1.96. The lowest BCUT2D eigenvalue weighted by Crippen LogP contribution is -2.39. The molecule has 1 aromatic carbocycles.